The van der Waals surface area contributed by atoms with Crippen LogP contribution in [0.1, 0.15) is 40.7 Å². The summed E-state index contributed by atoms with van der Waals surface area (Å²) in [6.07, 6.45) is 5.27. The highest BCUT2D eigenvalue weighted by atomic mass is 19.1. The van der Waals surface area contributed by atoms with E-state index in [4.69, 9.17) is 4.42 Å². The highest BCUT2D eigenvalue weighted by molar-refractivity contribution is 6.02. The number of carbonyl (C=O) groups is 2. The average molecular weight is 455 g/mol. The topological polar surface area (TPSA) is 58.7 Å². The first-order chi connectivity index (χ1) is 16.6. The average Bonchev–Trinajstić information content (AvgIpc) is 3.32. The van der Waals surface area contributed by atoms with Gasteiger partial charge in [-0.05, 0) is 73.5 Å². The smallest absolute Gasteiger partial charge is 0.254 e. The molecule has 2 aromatic carbocycles. The Morgan fingerprint density at radius 1 is 0.941 bits per heavy atom. The Labute approximate surface area is 195 Å². The molecule has 0 radical (unpaired) electrons. The van der Waals surface area contributed by atoms with E-state index in [9.17, 15) is 14.0 Å². The summed E-state index contributed by atoms with van der Waals surface area (Å²) in [4.78, 5) is 30.6. The fourth-order valence-corrected chi connectivity index (χ4v) is 4.71. The van der Waals surface area contributed by atoms with Gasteiger partial charge in [-0.25, -0.2) is 4.39 Å². The summed E-state index contributed by atoms with van der Waals surface area (Å²) >= 11 is 0. The van der Waals surface area contributed by atoms with E-state index < -0.39 is 11.9 Å². The number of carbonyl (C=O) groups excluding carboxylic acids is 2. The molecule has 6 rings (SSSR count). The third-order valence-electron chi connectivity index (χ3n) is 6.45. The minimum atomic E-state index is -0.464. The van der Waals surface area contributed by atoms with Crippen molar-refractivity contribution in [3.8, 4) is 5.69 Å². The second-order valence-electron chi connectivity index (χ2n) is 8.64. The first-order valence-electron chi connectivity index (χ1n) is 11.3. The van der Waals surface area contributed by atoms with Gasteiger partial charge >= 0.3 is 0 Å². The standard InChI is InChI=1S/C27H22FN3O3/c28-19-11-9-18(10-12-19)27(33)30(20-13-14-20)17-25(32)31-22-6-2-1-5-21(22)29-15-3-7-23(29)26(31)24-8-4-16-34-24/h1-12,15-16,20,26H,13-14,17H2. The molecule has 2 amide bonds. The summed E-state index contributed by atoms with van der Waals surface area (Å²) < 4.78 is 21.2. The van der Waals surface area contributed by atoms with Crippen LogP contribution in [0, 0.1) is 5.82 Å². The number of amides is 2. The van der Waals surface area contributed by atoms with Crippen LogP contribution >= 0.6 is 0 Å². The molecular formula is C27H22FN3O3. The molecule has 1 atom stereocenters. The lowest BCUT2D eigenvalue weighted by molar-refractivity contribution is -0.120. The van der Waals surface area contributed by atoms with Gasteiger partial charge in [0, 0.05) is 17.8 Å². The van der Waals surface area contributed by atoms with E-state index in [0.717, 1.165) is 29.9 Å². The van der Waals surface area contributed by atoms with Gasteiger partial charge < -0.3 is 13.9 Å². The maximum atomic E-state index is 14.0. The van der Waals surface area contributed by atoms with Gasteiger partial charge in [0.2, 0.25) is 5.91 Å². The molecule has 6 nitrogen and oxygen atoms in total. The van der Waals surface area contributed by atoms with E-state index in [0.29, 0.717) is 11.3 Å². The molecule has 1 aliphatic carbocycles. The van der Waals surface area contributed by atoms with Crippen molar-refractivity contribution < 1.29 is 18.4 Å². The predicted molar refractivity (Wildman–Crippen MR) is 124 cm³/mol. The monoisotopic (exact) mass is 455 g/mol. The van der Waals surface area contributed by atoms with E-state index in [1.807, 2.05) is 48.7 Å². The number of halogens is 1. The number of anilines is 1. The number of furan rings is 1. The molecule has 7 heteroatoms. The van der Waals surface area contributed by atoms with Gasteiger partial charge in [0.1, 0.15) is 24.2 Å². The number of hydrogen-bond donors (Lipinski definition) is 0. The lowest BCUT2D eigenvalue weighted by atomic mass is 10.0. The van der Waals surface area contributed by atoms with E-state index >= 15 is 0 Å². The Morgan fingerprint density at radius 2 is 1.71 bits per heavy atom. The number of aromatic nitrogens is 1. The molecule has 0 N–H and O–H groups in total. The summed E-state index contributed by atoms with van der Waals surface area (Å²) in [5.41, 5.74) is 2.92. The summed E-state index contributed by atoms with van der Waals surface area (Å²) in [6, 6.07) is 20.3. The molecule has 2 aromatic heterocycles. The van der Waals surface area contributed by atoms with Crippen molar-refractivity contribution in [2.24, 2.45) is 0 Å². The molecule has 3 heterocycles. The molecule has 0 bridgehead atoms. The second-order valence-corrected chi connectivity index (χ2v) is 8.64. The SMILES string of the molecule is O=C(c1ccc(F)cc1)N(CC(=O)N1c2ccccc2-n2cccc2C1c1ccco1)C1CC1. The normalized spacial score (nSPS) is 16.6. The maximum Gasteiger partial charge on any atom is 0.254 e. The molecule has 0 spiro atoms. The molecule has 0 saturated heterocycles. The first-order valence-corrected chi connectivity index (χ1v) is 11.3. The van der Waals surface area contributed by atoms with E-state index in [2.05, 4.69) is 4.57 Å². The minimum Gasteiger partial charge on any atom is -0.467 e. The zero-order valence-corrected chi connectivity index (χ0v) is 18.3. The van der Waals surface area contributed by atoms with Crippen LogP contribution in [0.4, 0.5) is 10.1 Å². The summed E-state index contributed by atoms with van der Waals surface area (Å²) in [7, 11) is 0. The van der Waals surface area contributed by atoms with Gasteiger partial charge in [0.05, 0.1) is 23.3 Å². The number of para-hydroxylation sites is 2. The van der Waals surface area contributed by atoms with Crippen LogP contribution in [0.2, 0.25) is 0 Å². The van der Waals surface area contributed by atoms with Gasteiger partial charge in [-0.1, -0.05) is 12.1 Å². The lowest BCUT2D eigenvalue weighted by Gasteiger charge is -2.38. The highest BCUT2D eigenvalue weighted by Crippen LogP contribution is 2.42. The number of fused-ring (bicyclic) bond motifs is 3. The zero-order valence-electron chi connectivity index (χ0n) is 18.3. The molecule has 2 aliphatic rings. The molecule has 4 aromatic rings. The van der Waals surface area contributed by atoms with E-state index in [-0.39, 0.29) is 24.4 Å². The number of hydrogen-bond acceptors (Lipinski definition) is 3. The summed E-state index contributed by atoms with van der Waals surface area (Å²) in [5.74, 6) is -0.229. The van der Waals surface area contributed by atoms with Crippen molar-refractivity contribution in [2.45, 2.75) is 24.9 Å². The van der Waals surface area contributed by atoms with Crippen LogP contribution in [-0.2, 0) is 4.79 Å². The highest BCUT2D eigenvalue weighted by Gasteiger charge is 2.41. The van der Waals surface area contributed by atoms with Crippen molar-refractivity contribution in [1.82, 2.24) is 9.47 Å². The largest absolute Gasteiger partial charge is 0.467 e. The van der Waals surface area contributed by atoms with Gasteiger partial charge in [-0.3, -0.25) is 14.5 Å². The molecule has 34 heavy (non-hydrogen) atoms. The van der Waals surface area contributed by atoms with E-state index in [1.165, 1.54) is 24.3 Å². The fraction of sp³-hybridized carbons (Fsp3) is 0.185. The lowest BCUT2D eigenvalue weighted by Crippen LogP contribution is -2.47. The van der Waals surface area contributed by atoms with Crippen LogP contribution in [0.25, 0.3) is 5.69 Å². The van der Waals surface area contributed by atoms with Crippen LogP contribution in [0.5, 0.6) is 0 Å². The number of rotatable bonds is 5. The van der Waals surface area contributed by atoms with Crippen molar-refractivity contribution in [3.05, 3.63) is 108 Å². The number of nitrogens with zero attached hydrogens (tertiary/aromatic N) is 3. The Morgan fingerprint density at radius 3 is 2.41 bits per heavy atom. The summed E-state index contributed by atoms with van der Waals surface area (Å²) in [6.45, 7) is -0.0763. The van der Waals surface area contributed by atoms with Crippen molar-refractivity contribution >= 4 is 17.5 Å². The molecule has 1 fully saturated rings. The Kier molecular flexibility index (Phi) is 4.83. The third kappa shape index (κ3) is 3.41. The van der Waals surface area contributed by atoms with Crippen molar-refractivity contribution in [1.29, 1.82) is 0 Å². The number of benzene rings is 2. The van der Waals surface area contributed by atoms with Gasteiger partial charge in [0.25, 0.3) is 5.91 Å². The van der Waals surface area contributed by atoms with Gasteiger partial charge in [-0.15, -0.1) is 0 Å². The second kappa shape index (κ2) is 8.02. The maximum absolute atomic E-state index is 14.0. The molecule has 170 valence electrons. The zero-order chi connectivity index (χ0) is 23.2. The quantitative estimate of drug-likeness (QED) is 0.428. The molecule has 1 aliphatic heterocycles. The van der Waals surface area contributed by atoms with Gasteiger partial charge in [-0.2, -0.15) is 0 Å². The first kappa shape index (κ1) is 20.5. The fourth-order valence-electron chi connectivity index (χ4n) is 4.71. The van der Waals surface area contributed by atoms with Gasteiger partial charge in [0.15, 0.2) is 0 Å². The Balaban J connectivity index is 1.39. The minimum absolute atomic E-state index is 0.00691. The Hall–Kier alpha value is -4.13. The van der Waals surface area contributed by atoms with Crippen LogP contribution in [0.15, 0.2) is 89.7 Å². The predicted octanol–water partition coefficient (Wildman–Crippen LogP) is 4.95. The van der Waals surface area contributed by atoms with Crippen LogP contribution < -0.4 is 4.90 Å². The third-order valence-corrected chi connectivity index (χ3v) is 6.45. The molecular weight excluding hydrogens is 433 g/mol. The van der Waals surface area contributed by atoms with E-state index in [1.54, 1.807) is 22.1 Å². The summed E-state index contributed by atoms with van der Waals surface area (Å²) in [5, 5.41) is 0. The molecule has 1 saturated carbocycles. The van der Waals surface area contributed by atoms with Crippen LogP contribution in [-0.4, -0.2) is 33.9 Å². The van der Waals surface area contributed by atoms with Crippen molar-refractivity contribution in [3.63, 3.8) is 0 Å². The van der Waals surface area contributed by atoms with Crippen LogP contribution in [0.3, 0.4) is 0 Å². The van der Waals surface area contributed by atoms with Crippen molar-refractivity contribution in [2.75, 3.05) is 11.4 Å². The Bertz CT molecular complexity index is 1360. The molecule has 1 unspecified atom stereocenters.